The molecule has 1 aliphatic rings. The maximum absolute atomic E-state index is 11.8. The Balaban J connectivity index is 2.25. The highest BCUT2D eigenvalue weighted by Gasteiger charge is 2.19. The summed E-state index contributed by atoms with van der Waals surface area (Å²) in [4.78, 5) is 14.0. The first kappa shape index (κ1) is 14.5. The van der Waals surface area contributed by atoms with E-state index < -0.39 is 0 Å². The van der Waals surface area contributed by atoms with E-state index in [1.165, 1.54) is 0 Å². The van der Waals surface area contributed by atoms with Gasteiger partial charge in [0, 0.05) is 25.2 Å². The molecule has 0 aromatic rings. The van der Waals surface area contributed by atoms with E-state index >= 15 is 0 Å². The van der Waals surface area contributed by atoms with E-state index in [1.54, 1.807) is 0 Å². The van der Waals surface area contributed by atoms with Crippen LogP contribution in [0.4, 0.5) is 0 Å². The van der Waals surface area contributed by atoms with Crippen LogP contribution >= 0.6 is 0 Å². The van der Waals surface area contributed by atoms with Crippen molar-refractivity contribution in [1.82, 2.24) is 10.2 Å². The van der Waals surface area contributed by atoms with Gasteiger partial charge in [0.15, 0.2) is 0 Å². The molecule has 2 atom stereocenters. The van der Waals surface area contributed by atoms with Crippen molar-refractivity contribution < 1.29 is 4.79 Å². The van der Waals surface area contributed by atoms with Gasteiger partial charge in [-0.1, -0.05) is 20.3 Å². The Morgan fingerprint density at radius 2 is 2.00 bits per heavy atom. The van der Waals surface area contributed by atoms with Crippen LogP contribution in [0.3, 0.4) is 0 Å². The average molecular weight is 241 g/mol. The summed E-state index contributed by atoms with van der Waals surface area (Å²) in [7, 11) is 0. The first-order valence-corrected chi connectivity index (χ1v) is 6.80. The number of carbonyl (C=O) groups excluding carboxylic acids is 1. The lowest BCUT2D eigenvalue weighted by Gasteiger charge is -2.30. The molecule has 1 rings (SSSR count). The highest BCUT2D eigenvalue weighted by Crippen LogP contribution is 2.09. The minimum Gasteiger partial charge on any atom is -0.352 e. The van der Waals surface area contributed by atoms with Gasteiger partial charge >= 0.3 is 0 Å². The van der Waals surface area contributed by atoms with E-state index in [9.17, 15) is 4.79 Å². The molecule has 1 aliphatic heterocycles. The van der Waals surface area contributed by atoms with Gasteiger partial charge < -0.3 is 11.1 Å². The summed E-state index contributed by atoms with van der Waals surface area (Å²) in [5.41, 5.74) is 5.84. The van der Waals surface area contributed by atoms with Crippen LogP contribution in [0.25, 0.3) is 0 Å². The molecule has 17 heavy (non-hydrogen) atoms. The Hall–Kier alpha value is -0.610. The van der Waals surface area contributed by atoms with E-state index in [2.05, 4.69) is 31.0 Å². The van der Waals surface area contributed by atoms with Crippen molar-refractivity contribution in [1.29, 1.82) is 0 Å². The first-order chi connectivity index (χ1) is 8.02. The molecule has 0 aromatic heterocycles. The fourth-order valence-electron chi connectivity index (χ4n) is 2.11. The van der Waals surface area contributed by atoms with Crippen molar-refractivity contribution >= 4 is 5.91 Å². The molecule has 4 nitrogen and oxygen atoms in total. The molecule has 0 aromatic carbocycles. The topological polar surface area (TPSA) is 58.4 Å². The number of carbonyl (C=O) groups is 1. The second kappa shape index (κ2) is 6.97. The van der Waals surface area contributed by atoms with E-state index in [0.717, 1.165) is 32.4 Å². The number of nitrogens with two attached hydrogens (primary N) is 1. The zero-order chi connectivity index (χ0) is 12.8. The van der Waals surface area contributed by atoms with Crippen molar-refractivity contribution in [3.8, 4) is 0 Å². The lowest BCUT2D eigenvalue weighted by atomic mass is 10.0. The molecule has 1 fully saturated rings. The van der Waals surface area contributed by atoms with Gasteiger partial charge in [-0.05, 0) is 25.7 Å². The fraction of sp³-hybridized carbons (Fsp3) is 0.923. The lowest BCUT2D eigenvalue weighted by Crippen LogP contribution is -2.47. The largest absolute Gasteiger partial charge is 0.352 e. The molecule has 0 bridgehead atoms. The van der Waals surface area contributed by atoms with Crippen LogP contribution in [0.2, 0.25) is 0 Å². The summed E-state index contributed by atoms with van der Waals surface area (Å²) in [5.74, 6) is 0.682. The highest BCUT2D eigenvalue weighted by molar-refractivity contribution is 5.78. The van der Waals surface area contributed by atoms with Gasteiger partial charge in [0.05, 0.1) is 6.54 Å². The third-order valence-electron chi connectivity index (χ3n) is 3.89. The highest BCUT2D eigenvalue weighted by atomic mass is 16.2. The average Bonchev–Trinajstić information content (AvgIpc) is 2.30. The van der Waals surface area contributed by atoms with Gasteiger partial charge in [0.2, 0.25) is 5.91 Å². The number of nitrogens with zero attached hydrogens (tertiary/aromatic N) is 1. The number of rotatable bonds is 5. The number of hydrogen-bond donors (Lipinski definition) is 2. The van der Waals surface area contributed by atoms with Crippen LogP contribution in [-0.4, -0.2) is 42.5 Å². The number of likely N-dealkylation sites (tertiary alicyclic amines) is 1. The van der Waals surface area contributed by atoms with Gasteiger partial charge in [-0.25, -0.2) is 0 Å². The third kappa shape index (κ3) is 5.04. The summed E-state index contributed by atoms with van der Waals surface area (Å²) in [6.07, 6.45) is 3.11. The van der Waals surface area contributed by atoms with Crippen LogP contribution in [0.5, 0.6) is 0 Å². The summed E-state index contributed by atoms with van der Waals surface area (Å²) in [6, 6.07) is 0.591. The molecule has 0 aliphatic carbocycles. The minimum atomic E-state index is 0.147. The number of hydrogen-bond acceptors (Lipinski definition) is 3. The van der Waals surface area contributed by atoms with Crippen molar-refractivity contribution in [3.63, 3.8) is 0 Å². The quantitative estimate of drug-likeness (QED) is 0.754. The second-order valence-corrected chi connectivity index (χ2v) is 5.36. The van der Waals surface area contributed by atoms with Gasteiger partial charge in [-0.3, -0.25) is 9.69 Å². The van der Waals surface area contributed by atoms with Crippen molar-refractivity contribution in [2.75, 3.05) is 19.6 Å². The molecule has 0 saturated carbocycles. The number of amides is 1. The van der Waals surface area contributed by atoms with Crippen LogP contribution in [0, 0.1) is 5.92 Å². The standard InChI is InChI=1S/C13H27N3O/c1-4-10(2)11(3)15-13(17)9-16-7-5-12(14)6-8-16/h10-12H,4-9,14H2,1-3H3,(H,15,17). The normalized spacial score (nSPS) is 22.1. The SMILES string of the molecule is CCC(C)C(C)NC(=O)CN1CCC(N)CC1. The smallest absolute Gasteiger partial charge is 0.234 e. The predicted molar refractivity (Wildman–Crippen MR) is 70.7 cm³/mol. The van der Waals surface area contributed by atoms with Crippen LogP contribution in [0.1, 0.15) is 40.0 Å². The zero-order valence-electron chi connectivity index (χ0n) is 11.4. The monoisotopic (exact) mass is 241 g/mol. The Morgan fingerprint density at radius 3 is 2.53 bits per heavy atom. The first-order valence-electron chi connectivity index (χ1n) is 6.80. The van der Waals surface area contributed by atoms with Crippen LogP contribution < -0.4 is 11.1 Å². The Bertz CT molecular complexity index is 237. The molecule has 2 unspecified atom stereocenters. The molecule has 1 saturated heterocycles. The Kier molecular flexibility index (Phi) is 5.92. The minimum absolute atomic E-state index is 0.147. The summed E-state index contributed by atoms with van der Waals surface area (Å²) < 4.78 is 0. The zero-order valence-corrected chi connectivity index (χ0v) is 11.4. The Morgan fingerprint density at radius 1 is 1.41 bits per heavy atom. The summed E-state index contributed by atoms with van der Waals surface area (Å²) in [5, 5.41) is 3.08. The maximum atomic E-state index is 11.8. The van der Waals surface area contributed by atoms with Gasteiger partial charge in [-0.2, -0.15) is 0 Å². The fourth-order valence-corrected chi connectivity index (χ4v) is 2.11. The summed E-state index contributed by atoms with van der Waals surface area (Å²) >= 11 is 0. The lowest BCUT2D eigenvalue weighted by molar-refractivity contribution is -0.123. The third-order valence-corrected chi connectivity index (χ3v) is 3.89. The van der Waals surface area contributed by atoms with Crippen molar-refractivity contribution in [3.05, 3.63) is 0 Å². The molecule has 100 valence electrons. The van der Waals surface area contributed by atoms with E-state index in [-0.39, 0.29) is 11.9 Å². The van der Waals surface area contributed by atoms with Crippen molar-refractivity contribution in [2.45, 2.75) is 52.1 Å². The predicted octanol–water partition coefficient (Wildman–Crippen LogP) is 0.960. The van der Waals surface area contributed by atoms with E-state index in [0.29, 0.717) is 18.5 Å². The Labute approximate surface area is 105 Å². The molecule has 1 heterocycles. The second-order valence-electron chi connectivity index (χ2n) is 5.36. The molecular formula is C13H27N3O. The molecule has 4 heteroatoms. The van der Waals surface area contributed by atoms with Crippen LogP contribution in [0.15, 0.2) is 0 Å². The van der Waals surface area contributed by atoms with E-state index in [4.69, 9.17) is 5.73 Å². The van der Waals surface area contributed by atoms with Crippen molar-refractivity contribution in [2.24, 2.45) is 11.7 Å². The molecule has 1 amide bonds. The van der Waals surface area contributed by atoms with Gasteiger partial charge in [0.25, 0.3) is 0 Å². The number of piperidine rings is 1. The molecule has 3 N–H and O–H groups in total. The number of nitrogens with one attached hydrogen (secondary N) is 1. The molecule has 0 radical (unpaired) electrons. The van der Waals surface area contributed by atoms with Gasteiger partial charge in [-0.15, -0.1) is 0 Å². The summed E-state index contributed by atoms with van der Waals surface area (Å²) in [6.45, 7) is 8.83. The molecule has 0 spiro atoms. The van der Waals surface area contributed by atoms with E-state index in [1.807, 2.05) is 0 Å². The maximum Gasteiger partial charge on any atom is 0.234 e. The van der Waals surface area contributed by atoms with Crippen LogP contribution in [-0.2, 0) is 4.79 Å². The van der Waals surface area contributed by atoms with Gasteiger partial charge in [0.1, 0.15) is 0 Å². The molecular weight excluding hydrogens is 214 g/mol.